The van der Waals surface area contributed by atoms with Gasteiger partial charge in [0.15, 0.2) is 0 Å². The van der Waals surface area contributed by atoms with Crippen molar-refractivity contribution in [3.8, 4) is 16.3 Å². The molecule has 0 radical (unpaired) electrons. The number of anilines is 1. The zero-order valence-electron chi connectivity index (χ0n) is 18.3. The number of fused-ring (bicyclic) bond motifs is 1. The molecule has 4 aromatic rings. The Bertz CT molecular complexity index is 1450. The zero-order chi connectivity index (χ0) is 23.7. The first-order valence-electron chi connectivity index (χ1n) is 10.8. The number of methoxy groups -OCH3 is 1. The van der Waals surface area contributed by atoms with Gasteiger partial charge in [0.25, 0.3) is 0 Å². The summed E-state index contributed by atoms with van der Waals surface area (Å²) in [4.78, 5) is 13.2. The quantitative estimate of drug-likeness (QED) is 0.432. The first-order chi connectivity index (χ1) is 16.5. The Morgan fingerprint density at radius 2 is 1.82 bits per heavy atom. The van der Waals surface area contributed by atoms with Crippen LogP contribution in [0.15, 0.2) is 71.6 Å². The zero-order valence-corrected chi connectivity index (χ0v) is 20.0. The van der Waals surface area contributed by atoms with Crippen LogP contribution in [0.25, 0.3) is 21.3 Å². The van der Waals surface area contributed by atoms with Gasteiger partial charge in [0.05, 0.1) is 12.0 Å². The van der Waals surface area contributed by atoms with Crippen LogP contribution in [0.1, 0.15) is 12.8 Å². The maximum absolute atomic E-state index is 13.4. The molecule has 3 aromatic carbocycles. The number of ether oxygens (including phenoxy) is 1. The summed E-state index contributed by atoms with van der Waals surface area (Å²) in [5.74, 6) is 0.329. The van der Waals surface area contributed by atoms with E-state index in [4.69, 9.17) is 4.74 Å². The Labute approximate surface area is 201 Å². The minimum atomic E-state index is -3.83. The highest BCUT2D eigenvalue weighted by molar-refractivity contribution is 7.89. The van der Waals surface area contributed by atoms with Gasteiger partial charge in [0, 0.05) is 12.1 Å². The second kappa shape index (κ2) is 9.13. The van der Waals surface area contributed by atoms with E-state index in [1.807, 2.05) is 48.5 Å². The van der Waals surface area contributed by atoms with Crippen molar-refractivity contribution in [3.05, 3.63) is 66.7 Å². The van der Waals surface area contributed by atoms with E-state index < -0.39 is 22.0 Å². The maximum Gasteiger partial charge on any atom is 0.244 e. The number of hydrogen-bond acceptors (Lipinski definition) is 7. The van der Waals surface area contributed by atoms with Crippen molar-refractivity contribution in [1.82, 2.24) is 14.5 Å². The molecular weight excluding hydrogens is 472 g/mol. The lowest BCUT2D eigenvalue weighted by molar-refractivity contribution is -0.119. The largest absolute Gasteiger partial charge is 0.497 e. The fraction of sp³-hybridized carbons (Fsp3) is 0.208. The van der Waals surface area contributed by atoms with E-state index in [1.54, 1.807) is 25.3 Å². The monoisotopic (exact) mass is 494 g/mol. The molecule has 1 amide bonds. The molecule has 0 bridgehead atoms. The van der Waals surface area contributed by atoms with Crippen LogP contribution in [0.5, 0.6) is 5.75 Å². The minimum Gasteiger partial charge on any atom is -0.497 e. The van der Waals surface area contributed by atoms with Crippen LogP contribution in [-0.4, -0.2) is 48.5 Å². The summed E-state index contributed by atoms with van der Waals surface area (Å²) in [7, 11) is -2.24. The summed E-state index contributed by atoms with van der Waals surface area (Å²) in [5, 5.41) is 13.7. The van der Waals surface area contributed by atoms with Crippen LogP contribution in [0.2, 0.25) is 0 Å². The maximum atomic E-state index is 13.4. The molecular formula is C24H22N4O4S2. The van der Waals surface area contributed by atoms with Crippen molar-refractivity contribution in [3.63, 3.8) is 0 Å². The second-order valence-electron chi connectivity index (χ2n) is 7.91. The lowest BCUT2D eigenvalue weighted by atomic mass is 10.1. The van der Waals surface area contributed by atoms with Gasteiger partial charge in [-0.3, -0.25) is 10.1 Å². The number of aromatic nitrogens is 2. The Morgan fingerprint density at radius 1 is 1.06 bits per heavy atom. The summed E-state index contributed by atoms with van der Waals surface area (Å²) in [6.45, 7) is 0.292. The summed E-state index contributed by atoms with van der Waals surface area (Å²) < 4.78 is 33.3. The highest BCUT2D eigenvalue weighted by atomic mass is 32.2. The van der Waals surface area contributed by atoms with E-state index in [0.717, 1.165) is 22.1 Å². The van der Waals surface area contributed by atoms with E-state index in [-0.39, 0.29) is 4.90 Å². The van der Waals surface area contributed by atoms with Gasteiger partial charge in [-0.15, -0.1) is 10.2 Å². The van der Waals surface area contributed by atoms with E-state index in [9.17, 15) is 13.2 Å². The molecule has 1 fully saturated rings. The van der Waals surface area contributed by atoms with Gasteiger partial charge in [0.1, 0.15) is 16.8 Å². The van der Waals surface area contributed by atoms with Crippen LogP contribution in [0.3, 0.4) is 0 Å². The molecule has 5 rings (SSSR count). The number of carbonyl (C=O) groups is 1. The van der Waals surface area contributed by atoms with Gasteiger partial charge in [-0.05, 0) is 60.0 Å². The number of hydrogen-bond donors (Lipinski definition) is 1. The molecule has 0 saturated carbocycles. The Kier molecular flexibility index (Phi) is 6.03. The predicted molar refractivity (Wildman–Crippen MR) is 131 cm³/mol. The SMILES string of the molecule is COc1ccc(-c2nnc(NC(=O)C3CCCN3S(=O)(=O)c3ccc4ccccc4c3)s2)cc1. The summed E-state index contributed by atoms with van der Waals surface area (Å²) in [6, 6.07) is 19.2. The van der Waals surface area contributed by atoms with Crippen molar-refractivity contribution in [2.24, 2.45) is 0 Å². The molecule has 34 heavy (non-hydrogen) atoms. The Morgan fingerprint density at radius 3 is 2.59 bits per heavy atom. The Hall–Kier alpha value is -3.34. The molecule has 0 aliphatic carbocycles. The standard InChI is InChI=1S/C24H22N4O4S2/c1-32-19-11-8-17(9-12-19)23-26-27-24(33-23)25-22(29)21-7-4-14-28(21)34(30,31)20-13-10-16-5-2-3-6-18(16)15-20/h2-3,5-6,8-13,15,21H,4,7,14H2,1H3,(H,25,27,29). The molecule has 1 aromatic heterocycles. The van der Waals surface area contributed by atoms with Crippen molar-refractivity contribution in [2.75, 3.05) is 19.0 Å². The van der Waals surface area contributed by atoms with Crippen molar-refractivity contribution < 1.29 is 17.9 Å². The average Bonchev–Trinajstić information content (AvgIpc) is 3.54. The summed E-state index contributed by atoms with van der Waals surface area (Å²) in [6.07, 6.45) is 1.06. The van der Waals surface area contributed by atoms with Crippen LogP contribution in [0, 0.1) is 0 Å². The third-order valence-electron chi connectivity index (χ3n) is 5.83. The lowest BCUT2D eigenvalue weighted by Crippen LogP contribution is -2.43. The van der Waals surface area contributed by atoms with E-state index in [2.05, 4.69) is 15.5 Å². The van der Waals surface area contributed by atoms with Gasteiger partial charge in [-0.1, -0.05) is 41.7 Å². The summed E-state index contributed by atoms with van der Waals surface area (Å²) in [5.41, 5.74) is 0.847. The average molecular weight is 495 g/mol. The minimum absolute atomic E-state index is 0.184. The predicted octanol–water partition coefficient (Wildman–Crippen LogP) is 4.16. The molecule has 8 nitrogen and oxygen atoms in total. The number of sulfonamides is 1. The first-order valence-corrected chi connectivity index (χ1v) is 13.0. The molecule has 1 aliphatic rings. The van der Waals surface area contributed by atoms with Crippen LogP contribution in [0.4, 0.5) is 5.13 Å². The fourth-order valence-electron chi connectivity index (χ4n) is 4.07. The summed E-state index contributed by atoms with van der Waals surface area (Å²) >= 11 is 1.23. The normalized spacial score (nSPS) is 16.6. The number of benzene rings is 3. The lowest BCUT2D eigenvalue weighted by Gasteiger charge is -2.23. The highest BCUT2D eigenvalue weighted by Gasteiger charge is 2.39. The van der Waals surface area contributed by atoms with Crippen LogP contribution < -0.4 is 10.1 Å². The smallest absolute Gasteiger partial charge is 0.244 e. The molecule has 10 heteroatoms. The van der Waals surface area contributed by atoms with E-state index >= 15 is 0 Å². The number of nitrogens with zero attached hydrogens (tertiary/aromatic N) is 3. The number of amides is 1. The van der Waals surface area contributed by atoms with E-state index in [1.165, 1.54) is 15.6 Å². The number of nitrogens with one attached hydrogen (secondary N) is 1. The third-order valence-corrected chi connectivity index (χ3v) is 8.62. The second-order valence-corrected chi connectivity index (χ2v) is 10.8. The molecule has 0 spiro atoms. The molecule has 1 N–H and O–H groups in total. The molecule has 1 unspecified atom stereocenters. The van der Waals surface area contributed by atoms with Crippen molar-refractivity contribution in [1.29, 1.82) is 0 Å². The van der Waals surface area contributed by atoms with Gasteiger partial charge < -0.3 is 4.74 Å². The molecule has 1 aliphatic heterocycles. The van der Waals surface area contributed by atoms with Crippen molar-refractivity contribution in [2.45, 2.75) is 23.8 Å². The molecule has 174 valence electrons. The number of rotatable bonds is 6. The van der Waals surface area contributed by atoms with Gasteiger partial charge >= 0.3 is 0 Å². The van der Waals surface area contributed by atoms with Gasteiger partial charge in [-0.2, -0.15) is 4.31 Å². The van der Waals surface area contributed by atoms with Crippen LogP contribution >= 0.6 is 11.3 Å². The van der Waals surface area contributed by atoms with Crippen molar-refractivity contribution >= 4 is 43.2 Å². The molecule has 2 heterocycles. The van der Waals surface area contributed by atoms with Gasteiger partial charge in [-0.25, -0.2) is 8.42 Å². The van der Waals surface area contributed by atoms with Gasteiger partial charge in [0.2, 0.25) is 21.1 Å². The molecule has 1 saturated heterocycles. The third kappa shape index (κ3) is 4.27. The topological polar surface area (TPSA) is 101 Å². The first kappa shape index (κ1) is 22.5. The number of carbonyl (C=O) groups excluding carboxylic acids is 1. The highest BCUT2D eigenvalue weighted by Crippen LogP contribution is 2.31. The molecule has 1 atom stereocenters. The van der Waals surface area contributed by atoms with E-state index in [0.29, 0.717) is 29.5 Å². The Balaban J connectivity index is 1.34. The van der Waals surface area contributed by atoms with Crippen LogP contribution in [-0.2, 0) is 14.8 Å². The fourth-order valence-corrected chi connectivity index (χ4v) is 6.51.